The van der Waals surface area contributed by atoms with E-state index in [1.165, 1.54) is 0 Å². The first-order valence-corrected chi connectivity index (χ1v) is 8.28. The standard InChI is InChI=1S/C17H18FN5O2/c18-12-7-20-17(21-8-12)23-5-3-11-6-14(25-15(11)10-23)16(24)22-13-2-1-4-19-9-13/h1-2,4,7-9,11,14-15H,3,5-6,10H2,(H,22,24)/t11-,14+,15-/m1/s1. The molecule has 1 N–H and O–H groups in total. The number of pyridine rings is 1. The average Bonchev–Trinajstić information content (AvgIpc) is 3.06. The van der Waals surface area contributed by atoms with Gasteiger partial charge in [0.1, 0.15) is 6.10 Å². The maximum atomic E-state index is 13.0. The van der Waals surface area contributed by atoms with Crippen molar-refractivity contribution >= 4 is 17.5 Å². The molecule has 0 radical (unpaired) electrons. The lowest BCUT2D eigenvalue weighted by Crippen LogP contribution is -2.43. The molecule has 2 aliphatic rings. The Balaban J connectivity index is 1.38. The largest absolute Gasteiger partial charge is 0.363 e. The summed E-state index contributed by atoms with van der Waals surface area (Å²) in [6, 6.07) is 3.56. The number of piperidine rings is 1. The van der Waals surface area contributed by atoms with Gasteiger partial charge in [-0.15, -0.1) is 0 Å². The topological polar surface area (TPSA) is 80.2 Å². The summed E-state index contributed by atoms with van der Waals surface area (Å²) >= 11 is 0. The van der Waals surface area contributed by atoms with Crippen molar-refractivity contribution in [3.63, 3.8) is 0 Å². The van der Waals surface area contributed by atoms with Crippen LogP contribution in [0.5, 0.6) is 0 Å². The summed E-state index contributed by atoms with van der Waals surface area (Å²) in [5, 5.41) is 2.84. The second-order valence-electron chi connectivity index (χ2n) is 6.33. The number of carbonyl (C=O) groups is 1. The normalized spacial score (nSPS) is 25.5. The second kappa shape index (κ2) is 6.72. The fourth-order valence-electron chi connectivity index (χ4n) is 3.41. The highest BCUT2D eigenvalue weighted by molar-refractivity contribution is 5.94. The van der Waals surface area contributed by atoms with E-state index in [-0.39, 0.29) is 12.0 Å². The quantitative estimate of drug-likeness (QED) is 0.912. The van der Waals surface area contributed by atoms with Gasteiger partial charge in [-0.25, -0.2) is 14.4 Å². The van der Waals surface area contributed by atoms with Gasteiger partial charge in [-0.1, -0.05) is 0 Å². The van der Waals surface area contributed by atoms with Crippen LogP contribution in [0.4, 0.5) is 16.0 Å². The summed E-state index contributed by atoms with van der Waals surface area (Å²) in [5.74, 6) is 0.225. The van der Waals surface area contributed by atoms with Crippen molar-refractivity contribution in [3.8, 4) is 0 Å². The maximum absolute atomic E-state index is 13.0. The molecule has 7 nitrogen and oxygen atoms in total. The number of nitrogens with one attached hydrogen (secondary N) is 1. The number of amides is 1. The molecule has 3 atom stereocenters. The van der Waals surface area contributed by atoms with Gasteiger partial charge < -0.3 is 15.0 Å². The number of halogens is 1. The summed E-state index contributed by atoms with van der Waals surface area (Å²) < 4.78 is 18.9. The average molecular weight is 343 g/mol. The number of carbonyl (C=O) groups excluding carboxylic acids is 1. The molecule has 2 aromatic rings. The molecule has 130 valence electrons. The van der Waals surface area contributed by atoms with E-state index in [4.69, 9.17) is 4.74 Å². The van der Waals surface area contributed by atoms with Gasteiger partial charge in [0.05, 0.1) is 30.4 Å². The minimum Gasteiger partial charge on any atom is -0.363 e. The van der Waals surface area contributed by atoms with E-state index in [1.807, 2.05) is 4.90 Å². The van der Waals surface area contributed by atoms with Crippen LogP contribution in [0.2, 0.25) is 0 Å². The smallest absolute Gasteiger partial charge is 0.253 e. The lowest BCUT2D eigenvalue weighted by atomic mass is 9.92. The molecular weight excluding hydrogens is 325 g/mol. The molecule has 2 saturated heterocycles. The minimum atomic E-state index is -0.468. The third-order valence-corrected chi connectivity index (χ3v) is 4.66. The van der Waals surface area contributed by atoms with Gasteiger partial charge in [-0.05, 0) is 30.9 Å². The molecule has 8 heteroatoms. The van der Waals surface area contributed by atoms with Crippen LogP contribution in [-0.2, 0) is 9.53 Å². The molecule has 2 aromatic heterocycles. The molecule has 0 spiro atoms. The predicted octanol–water partition coefficient (Wildman–Crippen LogP) is 1.63. The third kappa shape index (κ3) is 3.43. The number of rotatable bonds is 3. The molecular formula is C17H18FN5O2. The third-order valence-electron chi connectivity index (χ3n) is 4.66. The number of nitrogens with zero attached hydrogens (tertiary/aromatic N) is 4. The lowest BCUT2D eigenvalue weighted by molar-refractivity contribution is -0.126. The first-order valence-electron chi connectivity index (χ1n) is 8.28. The Morgan fingerprint density at radius 2 is 2.16 bits per heavy atom. The van der Waals surface area contributed by atoms with Crippen molar-refractivity contribution in [1.82, 2.24) is 15.0 Å². The summed E-state index contributed by atoms with van der Waals surface area (Å²) in [6.45, 7) is 1.38. The van der Waals surface area contributed by atoms with Gasteiger partial charge >= 0.3 is 0 Å². The van der Waals surface area contributed by atoms with E-state index in [2.05, 4.69) is 20.3 Å². The van der Waals surface area contributed by atoms with E-state index in [0.717, 1.165) is 25.4 Å². The maximum Gasteiger partial charge on any atom is 0.253 e. The van der Waals surface area contributed by atoms with Gasteiger partial charge in [0, 0.05) is 19.3 Å². The van der Waals surface area contributed by atoms with Gasteiger partial charge in [0.15, 0.2) is 5.82 Å². The Kier molecular flexibility index (Phi) is 4.27. The molecule has 0 aliphatic carbocycles. The zero-order valence-corrected chi connectivity index (χ0v) is 13.5. The SMILES string of the molecule is O=C(Nc1cccnc1)[C@@H]1C[C@H]2CCN(c3ncc(F)cn3)C[C@H]2O1. The summed E-state index contributed by atoms with van der Waals surface area (Å²) in [4.78, 5) is 26.4. The molecule has 2 fully saturated rings. The molecule has 4 heterocycles. The Bertz CT molecular complexity index is 742. The lowest BCUT2D eigenvalue weighted by Gasteiger charge is -2.33. The van der Waals surface area contributed by atoms with Crippen molar-refractivity contribution in [2.24, 2.45) is 5.92 Å². The number of aromatic nitrogens is 3. The minimum absolute atomic E-state index is 0.0490. The Morgan fingerprint density at radius 1 is 1.32 bits per heavy atom. The fourth-order valence-corrected chi connectivity index (χ4v) is 3.41. The highest BCUT2D eigenvalue weighted by Gasteiger charge is 2.42. The molecule has 25 heavy (non-hydrogen) atoms. The molecule has 0 saturated carbocycles. The zero-order valence-electron chi connectivity index (χ0n) is 13.5. The summed E-state index contributed by atoms with van der Waals surface area (Å²) in [5.41, 5.74) is 0.660. The van der Waals surface area contributed by atoms with E-state index < -0.39 is 11.9 Å². The van der Waals surface area contributed by atoms with Crippen LogP contribution in [-0.4, -0.2) is 46.2 Å². The molecule has 2 aliphatic heterocycles. The number of fused-ring (bicyclic) bond motifs is 1. The van der Waals surface area contributed by atoms with Gasteiger partial charge in [-0.3, -0.25) is 9.78 Å². The Labute approximate surface area is 144 Å². The fraction of sp³-hybridized carbons (Fsp3) is 0.412. The molecule has 0 aromatic carbocycles. The van der Waals surface area contributed by atoms with E-state index in [0.29, 0.717) is 30.5 Å². The van der Waals surface area contributed by atoms with Crippen molar-refractivity contribution in [3.05, 3.63) is 42.7 Å². The highest BCUT2D eigenvalue weighted by Crippen LogP contribution is 2.34. The van der Waals surface area contributed by atoms with Crippen LogP contribution in [0.25, 0.3) is 0 Å². The molecule has 1 amide bonds. The Morgan fingerprint density at radius 3 is 2.92 bits per heavy atom. The van der Waals surface area contributed by atoms with E-state index in [9.17, 15) is 9.18 Å². The van der Waals surface area contributed by atoms with Gasteiger partial charge in [-0.2, -0.15) is 0 Å². The number of anilines is 2. The van der Waals surface area contributed by atoms with Crippen LogP contribution in [0.15, 0.2) is 36.9 Å². The van der Waals surface area contributed by atoms with Crippen molar-refractivity contribution < 1.29 is 13.9 Å². The summed E-state index contributed by atoms with van der Waals surface area (Å²) in [6.07, 6.45) is 6.66. The number of ether oxygens (including phenoxy) is 1. The van der Waals surface area contributed by atoms with Crippen molar-refractivity contribution in [2.75, 3.05) is 23.3 Å². The number of hydrogen-bond acceptors (Lipinski definition) is 6. The number of hydrogen-bond donors (Lipinski definition) is 1. The first kappa shape index (κ1) is 15.9. The van der Waals surface area contributed by atoms with Crippen molar-refractivity contribution in [2.45, 2.75) is 25.0 Å². The van der Waals surface area contributed by atoms with Gasteiger partial charge in [0.25, 0.3) is 5.91 Å². The zero-order chi connectivity index (χ0) is 17.2. The van der Waals surface area contributed by atoms with E-state index in [1.54, 1.807) is 24.5 Å². The van der Waals surface area contributed by atoms with Crippen LogP contribution in [0, 0.1) is 11.7 Å². The Hall–Kier alpha value is -2.61. The molecule has 0 bridgehead atoms. The second-order valence-corrected chi connectivity index (χ2v) is 6.33. The van der Waals surface area contributed by atoms with Crippen LogP contribution >= 0.6 is 0 Å². The van der Waals surface area contributed by atoms with Crippen LogP contribution < -0.4 is 10.2 Å². The molecule has 0 unspecified atom stereocenters. The predicted molar refractivity (Wildman–Crippen MR) is 88.5 cm³/mol. The first-order chi connectivity index (χ1) is 12.2. The van der Waals surface area contributed by atoms with Crippen LogP contribution in [0.3, 0.4) is 0 Å². The van der Waals surface area contributed by atoms with Crippen LogP contribution in [0.1, 0.15) is 12.8 Å². The van der Waals surface area contributed by atoms with Gasteiger partial charge in [0.2, 0.25) is 5.95 Å². The highest BCUT2D eigenvalue weighted by atomic mass is 19.1. The van der Waals surface area contributed by atoms with E-state index >= 15 is 0 Å². The molecule has 4 rings (SSSR count). The summed E-state index contributed by atoms with van der Waals surface area (Å²) in [7, 11) is 0. The monoisotopic (exact) mass is 343 g/mol. The van der Waals surface area contributed by atoms with Crippen molar-refractivity contribution in [1.29, 1.82) is 0 Å².